The molecule has 0 amide bonds. The van der Waals surface area contributed by atoms with Gasteiger partial charge in [-0.15, -0.1) is 0 Å². The van der Waals surface area contributed by atoms with Gasteiger partial charge < -0.3 is 9.84 Å². The molecule has 1 rings (SSSR count). The summed E-state index contributed by atoms with van der Waals surface area (Å²) in [7, 11) is 0. The molecule has 0 aliphatic heterocycles. The van der Waals surface area contributed by atoms with Crippen LogP contribution in [0.4, 0.5) is 0 Å². The monoisotopic (exact) mass is 221 g/mol. The predicted molar refractivity (Wildman–Crippen MR) is 47.4 cm³/mol. The summed E-state index contributed by atoms with van der Waals surface area (Å²) in [5, 5.41) is 8.68. The first-order chi connectivity index (χ1) is 6.09. The van der Waals surface area contributed by atoms with Crippen molar-refractivity contribution in [3.05, 3.63) is 22.4 Å². The Labute approximate surface area is 84.1 Å². The van der Waals surface area contributed by atoms with E-state index in [0.717, 1.165) is 0 Å². The quantitative estimate of drug-likeness (QED) is 0.792. The minimum Gasteiger partial charge on any atom is -0.480 e. The van der Waals surface area contributed by atoms with Crippen LogP contribution < -0.4 is 4.74 Å². The zero-order valence-corrected chi connectivity index (χ0v) is 7.84. The molecule has 0 fully saturated rings. The van der Waals surface area contributed by atoms with Crippen molar-refractivity contribution in [2.75, 3.05) is 6.61 Å². The van der Waals surface area contributed by atoms with E-state index in [9.17, 15) is 4.79 Å². The van der Waals surface area contributed by atoms with Crippen molar-refractivity contribution in [2.24, 2.45) is 0 Å². The smallest absolute Gasteiger partial charge is 0.341 e. The van der Waals surface area contributed by atoms with E-state index in [4.69, 9.17) is 33.0 Å². The molecule has 1 heterocycles. The van der Waals surface area contributed by atoms with Crippen LogP contribution in [0.15, 0.2) is 12.3 Å². The van der Waals surface area contributed by atoms with Gasteiger partial charge in [0, 0.05) is 6.07 Å². The molecule has 4 nitrogen and oxygen atoms in total. The first kappa shape index (κ1) is 10.1. The van der Waals surface area contributed by atoms with Gasteiger partial charge in [0.1, 0.15) is 10.9 Å². The number of aliphatic carboxylic acids is 1. The van der Waals surface area contributed by atoms with Gasteiger partial charge in [-0.25, -0.2) is 9.78 Å². The molecular weight excluding hydrogens is 217 g/mol. The van der Waals surface area contributed by atoms with Crippen LogP contribution in [0, 0.1) is 0 Å². The van der Waals surface area contributed by atoms with E-state index in [2.05, 4.69) is 4.98 Å². The molecule has 0 unspecified atom stereocenters. The second-order valence-corrected chi connectivity index (χ2v) is 2.89. The molecule has 0 atom stereocenters. The zero-order chi connectivity index (χ0) is 9.84. The first-order valence-corrected chi connectivity index (χ1v) is 4.01. The number of aromatic nitrogens is 1. The maximum absolute atomic E-state index is 10.1. The minimum atomic E-state index is -1.06. The van der Waals surface area contributed by atoms with Crippen LogP contribution in [-0.4, -0.2) is 22.7 Å². The summed E-state index contributed by atoms with van der Waals surface area (Å²) in [6.07, 6.45) is 1.30. The molecule has 1 aromatic heterocycles. The van der Waals surface area contributed by atoms with E-state index in [1.807, 2.05) is 0 Å². The Bertz CT molecular complexity index is 330. The summed E-state index contributed by atoms with van der Waals surface area (Å²) < 4.78 is 4.80. The molecule has 0 aliphatic carbocycles. The molecule has 0 radical (unpaired) electrons. The van der Waals surface area contributed by atoms with Gasteiger partial charge in [0.25, 0.3) is 0 Å². The number of nitrogens with zero attached hydrogens (tertiary/aromatic N) is 1. The summed E-state index contributed by atoms with van der Waals surface area (Å²) in [6.45, 7) is -0.431. The van der Waals surface area contributed by atoms with Crippen LogP contribution in [-0.2, 0) is 4.79 Å². The number of rotatable bonds is 3. The van der Waals surface area contributed by atoms with Crippen molar-refractivity contribution in [3.8, 4) is 5.75 Å². The van der Waals surface area contributed by atoms with E-state index < -0.39 is 12.6 Å². The van der Waals surface area contributed by atoms with E-state index >= 15 is 0 Å². The molecule has 0 spiro atoms. The average molecular weight is 222 g/mol. The third-order valence-electron chi connectivity index (χ3n) is 1.13. The minimum absolute atomic E-state index is 0.157. The summed E-state index contributed by atoms with van der Waals surface area (Å²) in [4.78, 5) is 13.8. The molecule has 0 bridgehead atoms. The van der Waals surface area contributed by atoms with E-state index in [0.29, 0.717) is 0 Å². The average Bonchev–Trinajstić information content (AvgIpc) is 2.07. The molecular formula is C7H5Cl2NO3. The third kappa shape index (κ3) is 3.08. The second-order valence-electron chi connectivity index (χ2n) is 2.13. The molecule has 0 saturated carbocycles. The van der Waals surface area contributed by atoms with Crippen LogP contribution in [0.2, 0.25) is 10.2 Å². The first-order valence-electron chi connectivity index (χ1n) is 3.25. The fourth-order valence-electron chi connectivity index (χ4n) is 0.628. The summed E-state index contributed by atoms with van der Waals surface area (Å²) in [5.41, 5.74) is 0. The van der Waals surface area contributed by atoms with Crippen molar-refractivity contribution in [1.29, 1.82) is 0 Å². The number of hydrogen-bond donors (Lipinski definition) is 1. The lowest BCUT2D eigenvalue weighted by atomic mass is 10.4. The Hall–Kier alpha value is -1.000. The number of carboxylic acid groups (broad SMARTS) is 1. The fourth-order valence-corrected chi connectivity index (χ4v) is 0.887. The molecule has 6 heteroatoms. The van der Waals surface area contributed by atoms with Crippen molar-refractivity contribution in [3.63, 3.8) is 0 Å². The summed E-state index contributed by atoms with van der Waals surface area (Å²) in [5.74, 6) is -0.789. The van der Waals surface area contributed by atoms with Gasteiger partial charge in [-0.1, -0.05) is 23.2 Å². The van der Waals surface area contributed by atoms with E-state index in [1.54, 1.807) is 0 Å². The van der Waals surface area contributed by atoms with Gasteiger partial charge in [-0.05, 0) is 0 Å². The number of hydrogen-bond acceptors (Lipinski definition) is 3. The molecule has 70 valence electrons. The van der Waals surface area contributed by atoms with Gasteiger partial charge in [-0.3, -0.25) is 0 Å². The highest BCUT2D eigenvalue weighted by Crippen LogP contribution is 2.23. The van der Waals surface area contributed by atoms with Crippen molar-refractivity contribution in [1.82, 2.24) is 4.98 Å². The van der Waals surface area contributed by atoms with Crippen molar-refractivity contribution >= 4 is 29.2 Å². The maximum Gasteiger partial charge on any atom is 0.341 e. The van der Waals surface area contributed by atoms with Crippen molar-refractivity contribution < 1.29 is 14.6 Å². The lowest BCUT2D eigenvalue weighted by molar-refractivity contribution is -0.139. The Kier molecular flexibility index (Phi) is 3.33. The molecule has 0 saturated heterocycles. The highest BCUT2D eigenvalue weighted by molar-refractivity contribution is 6.41. The lowest BCUT2D eigenvalue weighted by Crippen LogP contribution is -2.09. The van der Waals surface area contributed by atoms with Gasteiger partial charge >= 0.3 is 5.97 Å². The molecule has 0 aliphatic rings. The van der Waals surface area contributed by atoms with Gasteiger partial charge in [-0.2, -0.15) is 0 Å². The Morgan fingerprint density at radius 2 is 2.31 bits per heavy atom. The van der Waals surface area contributed by atoms with Crippen LogP contribution in [0.5, 0.6) is 5.75 Å². The number of carboxylic acids is 1. The number of carbonyl (C=O) groups is 1. The summed E-state index contributed by atoms with van der Waals surface area (Å²) >= 11 is 11.1. The predicted octanol–water partition coefficient (Wildman–Crippen LogP) is 1.85. The molecule has 13 heavy (non-hydrogen) atoms. The van der Waals surface area contributed by atoms with Crippen LogP contribution in [0.1, 0.15) is 0 Å². The van der Waals surface area contributed by atoms with Crippen LogP contribution >= 0.6 is 23.2 Å². The maximum atomic E-state index is 10.1. The number of halogens is 2. The highest BCUT2D eigenvalue weighted by atomic mass is 35.5. The van der Waals surface area contributed by atoms with Gasteiger partial charge in [0.05, 0.1) is 11.2 Å². The molecule has 0 aromatic carbocycles. The Morgan fingerprint density at radius 3 is 2.85 bits per heavy atom. The normalized spacial score (nSPS) is 9.69. The van der Waals surface area contributed by atoms with E-state index in [-0.39, 0.29) is 15.9 Å². The Balaban J connectivity index is 2.68. The van der Waals surface area contributed by atoms with Crippen molar-refractivity contribution in [2.45, 2.75) is 0 Å². The van der Waals surface area contributed by atoms with Gasteiger partial charge in [0.15, 0.2) is 6.61 Å². The number of ether oxygens (including phenoxy) is 1. The zero-order valence-electron chi connectivity index (χ0n) is 6.33. The summed E-state index contributed by atoms with van der Waals surface area (Å²) in [6, 6.07) is 1.40. The molecule has 1 aromatic rings. The topological polar surface area (TPSA) is 59.4 Å². The van der Waals surface area contributed by atoms with Gasteiger partial charge in [0.2, 0.25) is 0 Å². The standard InChI is InChI=1S/C7H5Cl2NO3/c8-5-1-4(2-10-7(5)9)13-3-6(11)12/h1-2H,3H2,(H,11,12). The highest BCUT2D eigenvalue weighted by Gasteiger charge is 2.03. The second kappa shape index (κ2) is 4.30. The fraction of sp³-hybridized carbons (Fsp3) is 0.143. The molecule has 1 N–H and O–H groups in total. The Morgan fingerprint density at radius 1 is 1.62 bits per heavy atom. The lowest BCUT2D eigenvalue weighted by Gasteiger charge is -2.02. The number of pyridine rings is 1. The van der Waals surface area contributed by atoms with Crippen LogP contribution in [0.3, 0.4) is 0 Å². The van der Waals surface area contributed by atoms with Crippen LogP contribution in [0.25, 0.3) is 0 Å². The third-order valence-corrected chi connectivity index (χ3v) is 1.82. The SMILES string of the molecule is O=C(O)COc1cnc(Cl)c(Cl)c1. The van der Waals surface area contributed by atoms with E-state index in [1.165, 1.54) is 12.3 Å². The largest absolute Gasteiger partial charge is 0.480 e.